The second-order valence-electron chi connectivity index (χ2n) is 7.40. The molecule has 4 rings (SSSR count). The molecule has 0 spiro atoms. The molecule has 1 amide bonds. The van der Waals surface area contributed by atoms with Crippen molar-refractivity contribution in [2.75, 3.05) is 26.2 Å². The van der Waals surface area contributed by atoms with Crippen molar-refractivity contribution in [3.05, 3.63) is 64.2 Å². The van der Waals surface area contributed by atoms with Crippen molar-refractivity contribution in [3.8, 4) is 0 Å². The lowest BCUT2D eigenvalue weighted by Crippen LogP contribution is -2.33. The van der Waals surface area contributed by atoms with E-state index in [9.17, 15) is 14.9 Å². The van der Waals surface area contributed by atoms with Crippen molar-refractivity contribution in [1.82, 2.24) is 10.2 Å². The van der Waals surface area contributed by atoms with Crippen LogP contribution >= 0.6 is 11.8 Å². The van der Waals surface area contributed by atoms with Crippen LogP contribution in [0.5, 0.6) is 0 Å². The highest BCUT2D eigenvalue weighted by molar-refractivity contribution is 7.99. The molecule has 2 aliphatic rings. The maximum absolute atomic E-state index is 13.3. The maximum atomic E-state index is 13.3. The molecule has 0 saturated carbocycles. The van der Waals surface area contributed by atoms with Crippen LogP contribution in [0, 0.1) is 22.0 Å². The lowest BCUT2D eigenvalue weighted by molar-refractivity contribution is -0.384. The fourth-order valence-electron chi connectivity index (χ4n) is 4.09. The zero-order chi connectivity index (χ0) is 19.5. The quantitative estimate of drug-likeness (QED) is 0.627. The minimum Gasteiger partial charge on any atom is -0.339 e. The fourth-order valence-corrected chi connectivity index (χ4v) is 5.03. The van der Waals surface area contributed by atoms with E-state index in [1.54, 1.807) is 6.07 Å². The molecule has 1 N–H and O–H groups in total. The third-order valence-electron chi connectivity index (χ3n) is 5.68. The summed E-state index contributed by atoms with van der Waals surface area (Å²) < 4.78 is 0. The summed E-state index contributed by atoms with van der Waals surface area (Å²) in [6.45, 7) is 3.47. The number of fused-ring (bicyclic) bond motifs is 1. The first-order chi connectivity index (χ1) is 13.6. The summed E-state index contributed by atoms with van der Waals surface area (Å²) >= 11 is 1.47. The average Bonchev–Trinajstić information content (AvgIpc) is 3.06. The second kappa shape index (κ2) is 8.32. The highest BCUT2D eigenvalue weighted by Gasteiger charge is 2.32. The van der Waals surface area contributed by atoms with Crippen LogP contribution in [0.2, 0.25) is 0 Å². The van der Waals surface area contributed by atoms with Gasteiger partial charge in [0.2, 0.25) is 0 Å². The molecule has 2 aliphatic heterocycles. The van der Waals surface area contributed by atoms with Gasteiger partial charge in [0.05, 0.1) is 10.5 Å². The van der Waals surface area contributed by atoms with Gasteiger partial charge in [-0.05, 0) is 56.0 Å². The number of carbonyl (C=O) groups excluding carboxylic acids is 1. The molecule has 2 aromatic rings. The SMILES string of the molecule is O=C(c1cc([N+](=O)[O-])ccc1Sc1ccccc1)N1CC[C@@H]2CNC[C@@H]2CC1. The number of amides is 1. The average molecular weight is 398 g/mol. The summed E-state index contributed by atoms with van der Waals surface area (Å²) in [7, 11) is 0. The van der Waals surface area contributed by atoms with Gasteiger partial charge in [-0.3, -0.25) is 14.9 Å². The molecule has 2 fully saturated rings. The summed E-state index contributed by atoms with van der Waals surface area (Å²) in [6.07, 6.45) is 1.97. The van der Waals surface area contributed by atoms with Crippen molar-refractivity contribution in [3.63, 3.8) is 0 Å². The van der Waals surface area contributed by atoms with Crippen LogP contribution in [0.1, 0.15) is 23.2 Å². The number of likely N-dealkylation sites (tertiary alicyclic amines) is 1. The number of nitrogens with zero attached hydrogens (tertiary/aromatic N) is 2. The molecule has 146 valence electrons. The van der Waals surface area contributed by atoms with Gasteiger partial charge in [0.15, 0.2) is 0 Å². The van der Waals surface area contributed by atoms with E-state index in [0.29, 0.717) is 30.5 Å². The minimum absolute atomic E-state index is 0.0448. The van der Waals surface area contributed by atoms with Gasteiger partial charge in [-0.15, -0.1) is 0 Å². The molecule has 2 saturated heterocycles. The summed E-state index contributed by atoms with van der Waals surface area (Å²) in [5.74, 6) is 1.15. The van der Waals surface area contributed by atoms with Gasteiger partial charge in [-0.25, -0.2) is 0 Å². The van der Waals surface area contributed by atoms with E-state index < -0.39 is 4.92 Å². The normalized spacial score (nSPS) is 21.8. The Morgan fingerprint density at radius 3 is 2.39 bits per heavy atom. The Labute approximate surface area is 168 Å². The Hall–Kier alpha value is -2.38. The van der Waals surface area contributed by atoms with Crippen LogP contribution in [0.25, 0.3) is 0 Å². The number of nitro groups is 1. The summed E-state index contributed by atoms with van der Waals surface area (Å²) in [4.78, 5) is 27.8. The van der Waals surface area contributed by atoms with Gasteiger partial charge in [0, 0.05) is 35.0 Å². The topological polar surface area (TPSA) is 75.5 Å². The number of hydrogen-bond donors (Lipinski definition) is 1. The molecular weight excluding hydrogens is 374 g/mol. The van der Waals surface area contributed by atoms with Gasteiger partial charge < -0.3 is 10.2 Å². The van der Waals surface area contributed by atoms with Crippen molar-refractivity contribution in [2.24, 2.45) is 11.8 Å². The summed E-state index contributed by atoms with van der Waals surface area (Å²) in [6, 6.07) is 14.4. The van der Waals surface area contributed by atoms with E-state index >= 15 is 0 Å². The molecule has 0 bridgehead atoms. The smallest absolute Gasteiger partial charge is 0.270 e. The Bertz CT molecular complexity index is 860. The Morgan fingerprint density at radius 2 is 1.75 bits per heavy atom. The van der Waals surface area contributed by atoms with Crippen LogP contribution in [0.3, 0.4) is 0 Å². The van der Waals surface area contributed by atoms with Crippen LogP contribution < -0.4 is 5.32 Å². The standard InChI is InChI=1S/C21H23N3O3S/c25-21(23-10-8-15-13-22-14-16(15)9-11-23)19-12-17(24(26)27)6-7-20(19)28-18-4-2-1-3-5-18/h1-7,12,15-16,22H,8-11,13-14H2/t15-,16+. The van der Waals surface area contributed by atoms with Crippen molar-refractivity contribution >= 4 is 23.4 Å². The number of hydrogen-bond acceptors (Lipinski definition) is 5. The molecule has 2 atom stereocenters. The summed E-state index contributed by atoms with van der Waals surface area (Å²) in [5.41, 5.74) is 0.380. The molecule has 7 heteroatoms. The number of carbonyl (C=O) groups is 1. The number of nitrogens with one attached hydrogen (secondary N) is 1. The van der Waals surface area contributed by atoms with E-state index in [0.717, 1.165) is 35.7 Å². The van der Waals surface area contributed by atoms with Gasteiger partial charge in [-0.2, -0.15) is 0 Å². The predicted octanol–water partition coefficient (Wildman–Crippen LogP) is 3.82. The van der Waals surface area contributed by atoms with Gasteiger partial charge in [0.25, 0.3) is 11.6 Å². The molecule has 0 unspecified atom stereocenters. The van der Waals surface area contributed by atoms with Crippen LogP contribution in [0.15, 0.2) is 58.3 Å². The number of non-ortho nitro benzene ring substituents is 1. The molecule has 0 aromatic heterocycles. The third-order valence-corrected chi connectivity index (χ3v) is 6.77. The van der Waals surface area contributed by atoms with Crippen LogP contribution in [-0.4, -0.2) is 41.9 Å². The Balaban J connectivity index is 1.61. The zero-order valence-electron chi connectivity index (χ0n) is 15.5. The predicted molar refractivity (Wildman–Crippen MR) is 109 cm³/mol. The highest BCUT2D eigenvalue weighted by atomic mass is 32.2. The largest absolute Gasteiger partial charge is 0.339 e. The molecule has 6 nitrogen and oxygen atoms in total. The second-order valence-corrected chi connectivity index (χ2v) is 8.52. The molecule has 0 aliphatic carbocycles. The van der Waals surface area contributed by atoms with Crippen LogP contribution in [0.4, 0.5) is 5.69 Å². The number of nitro benzene ring substituents is 1. The number of rotatable bonds is 4. The van der Waals surface area contributed by atoms with Crippen molar-refractivity contribution in [1.29, 1.82) is 0 Å². The van der Waals surface area contributed by atoms with Crippen LogP contribution in [-0.2, 0) is 0 Å². The van der Waals surface area contributed by atoms with E-state index in [1.807, 2.05) is 35.2 Å². The lowest BCUT2D eigenvalue weighted by Gasteiger charge is -2.22. The first-order valence-electron chi connectivity index (χ1n) is 9.63. The van der Waals surface area contributed by atoms with E-state index in [-0.39, 0.29) is 11.6 Å². The molecule has 2 heterocycles. The summed E-state index contributed by atoms with van der Waals surface area (Å²) in [5, 5.41) is 14.7. The Kier molecular flexibility index (Phi) is 5.64. The lowest BCUT2D eigenvalue weighted by atomic mass is 9.92. The first kappa shape index (κ1) is 19.0. The van der Waals surface area contributed by atoms with Gasteiger partial charge in [-0.1, -0.05) is 30.0 Å². The van der Waals surface area contributed by atoms with E-state index in [1.165, 1.54) is 23.9 Å². The third kappa shape index (κ3) is 4.05. The van der Waals surface area contributed by atoms with Gasteiger partial charge >= 0.3 is 0 Å². The first-order valence-corrected chi connectivity index (χ1v) is 10.4. The molecule has 28 heavy (non-hydrogen) atoms. The number of benzene rings is 2. The van der Waals surface area contributed by atoms with E-state index in [2.05, 4.69) is 5.32 Å². The highest BCUT2D eigenvalue weighted by Crippen LogP contribution is 2.34. The zero-order valence-corrected chi connectivity index (χ0v) is 16.4. The molecule has 0 radical (unpaired) electrons. The monoisotopic (exact) mass is 397 g/mol. The molecular formula is C21H23N3O3S. The maximum Gasteiger partial charge on any atom is 0.270 e. The van der Waals surface area contributed by atoms with Gasteiger partial charge in [0.1, 0.15) is 0 Å². The minimum atomic E-state index is -0.438. The Morgan fingerprint density at radius 1 is 1.07 bits per heavy atom. The van der Waals surface area contributed by atoms with Crippen molar-refractivity contribution in [2.45, 2.75) is 22.6 Å². The van der Waals surface area contributed by atoms with E-state index in [4.69, 9.17) is 0 Å². The van der Waals surface area contributed by atoms with Crippen molar-refractivity contribution < 1.29 is 9.72 Å². The fraction of sp³-hybridized carbons (Fsp3) is 0.381. The molecule has 2 aromatic carbocycles.